The largest absolute Gasteiger partial charge is 0.355 e. The molecule has 0 bridgehead atoms. The number of carbonyl (C=O) groups excluding carboxylic acids is 2. The molecule has 2 heterocycles. The maximum atomic E-state index is 12.1. The Bertz CT molecular complexity index is 285. The highest BCUT2D eigenvalue weighted by Crippen LogP contribution is 2.15. The third-order valence-corrected chi connectivity index (χ3v) is 3.11. The van der Waals surface area contributed by atoms with Gasteiger partial charge < -0.3 is 15.5 Å². The van der Waals surface area contributed by atoms with Crippen molar-refractivity contribution in [3.8, 4) is 0 Å². The lowest BCUT2D eigenvalue weighted by molar-refractivity contribution is -0.138. The van der Waals surface area contributed by atoms with Crippen LogP contribution >= 0.6 is 12.4 Å². The van der Waals surface area contributed by atoms with E-state index in [2.05, 4.69) is 10.6 Å². The summed E-state index contributed by atoms with van der Waals surface area (Å²) in [5.74, 6) is -0.0171. The lowest BCUT2D eigenvalue weighted by Crippen LogP contribution is -2.54. The van der Waals surface area contributed by atoms with Gasteiger partial charge in [-0.15, -0.1) is 12.4 Å². The van der Waals surface area contributed by atoms with Crippen molar-refractivity contribution in [1.82, 2.24) is 15.5 Å². The van der Waals surface area contributed by atoms with E-state index in [0.29, 0.717) is 13.0 Å². The van der Waals surface area contributed by atoms with Crippen LogP contribution in [0.4, 0.5) is 0 Å². The van der Waals surface area contributed by atoms with Crippen LogP contribution in [0.5, 0.6) is 0 Å². The Morgan fingerprint density at radius 2 is 2.19 bits per heavy atom. The van der Waals surface area contributed by atoms with Crippen LogP contribution in [-0.4, -0.2) is 48.9 Å². The van der Waals surface area contributed by atoms with Gasteiger partial charge in [0.05, 0.1) is 5.92 Å². The van der Waals surface area contributed by atoms with Gasteiger partial charge in [-0.05, 0) is 6.92 Å². The number of hydrogen-bond donors (Lipinski definition) is 2. The first-order valence-corrected chi connectivity index (χ1v) is 5.46. The minimum absolute atomic E-state index is 0. The summed E-state index contributed by atoms with van der Waals surface area (Å²) in [6, 6.07) is 0.238. The summed E-state index contributed by atoms with van der Waals surface area (Å²) in [6.07, 6.45) is 0.357. The van der Waals surface area contributed by atoms with Crippen LogP contribution in [-0.2, 0) is 9.59 Å². The quantitative estimate of drug-likeness (QED) is 0.648. The van der Waals surface area contributed by atoms with E-state index in [4.69, 9.17) is 0 Å². The summed E-state index contributed by atoms with van der Waals surface area (Å²) >= 11 is 0. The highest BCUT2D eigenvalue weighted by Gasteiger charge is 2.33. The first kappa shape index (κ1) is 13.3. The molecular formula is C10H18ClN3O2. The van der Waals surface area contributed by atoms with E-state index in [-0.39, 0.29) is 36.2 Å². The summed E-state index contributed by atoms with van der Waals surface area (Å²) < 4.78 is 0. The molecule has 2 saturated heterocycles. The summed E-state index contributed by atoms with van der Waals surface area (Å²) in [5, 5.41) is 5.94. The molecule has 0 saturated carbocycles. The third kappa shape index (κ3) is 2.65. The van der Waals surface area contributed by atoms with Crippen LogP contribution in [0.25, 0.3) is 0 Å². The molecule has 2 aliphatic rings. The zero-order valence-corrected chi connectivity index (χ0v) is 10.2. The Balaban J connectivity index is 0.00000128. The maximum absolute atomic E-state index is 12.1. The molecule has 2 aliphatic heterocycles. The molecule has 0 aromatic carbocycles. The molecule has 6 heteroatoms. The molecule has 2 fully saturated rings. The number of hydrogen-bond acceptors (Lipinski definition) is 3. The molecule has 2 N–H and O–H groups in total. The number of carbonyl (C=O) groups is 2. The summed E-state index contributed by atoms with van der Waals surface area (Å²) in [5.41, 5.74) is 0. The van der Waals surface area contributed by atoms with Gasteiger partial charge in [-0.1, -0.05) is 0 Å². The fourth-order valence-corrected chi connectivity index (χ4v) is 2.18. The van der Waals surface area contributed by atoms with Gasteiger partial charge >= 0.3 is 0 Å². The van der Waals surface area contributed by atoms with Crippen LogP contribution in [0.2, 0.25) is 0 Å². The number of piperazine rings is 1. The summed E-state index contributed by atoms with van der Waals surface area (Å²) in [7, 11) is 0. The van der Waals surface area contributed by atoms with Gasteiger partial charge in [0.2, 0.25) is 11.8 Å². The minimum atomic E-state index is -0.141. The standard InChI is InChI=1S/C10H17N3O2.ClH/c1-7-5-11-2-3-13(7)10(15)8-4-9(14)12-6-8;/h7-8,11H,2-6H2,1H3,(H,12,14);1H/t7-,8?;/m0./s1. The van der Waals surface area contributed by atoms with Gasteiger partial charge in [-0.3, -0.25) is 9.59 Å². The van der Waals surface area contributed by atoms with Gasteiger partial charge in [0.25, 0.3) is 0 Å². The van der Waals surface area contributed by atoms with Crippen molar-refractivity contribution in [2.75, 3.05) is 26.2 Å². The van der Waals surface area contributed by atoms with Crippen molar-refractivity contribution < 1.29 is 9.59 Å². The van der Waals surface area contributed by atoms with E-state index in [0.717, 1.165) is 19.6 Å². The molecule has 2 atom stereocenters. The van der Waals surface area contributed by atoms with E-state index in [1.165, 1.54) is 0 Å². The van der Waals surface area contributed by atoms with E-state index >= 15 is 0 Å². The van der Waals surface area contributed by atoms with E-state index in [1.807, 2.05) is 11.8 Å². The normalized spacial score (nSPS) is 29.6. The van der Waals surface area contributed by atoms with Crippen molar-refractivity contribution in [3.63, 3.8) is 0 Å². The maximum Gasteiger partial charge on any atom is 0.228 e. The summed E-state index contributed by atoms with van der Waals surface area (Å²) in [4.78, 5) is 25.0. The Labute approximate surface area is 101 Å². The van der Waals surface area contributed by atoms with Crippen LogP contribution in [0.3, 0.4) is 0 Å². The molecular weight excluding hydrogens is 230 g/mol. The molecule has 0 spiro atoms. The lowest BCUT2D eigenvalue weighted by atomic mass is 10.1. The molecule has 1 unspecified atom stereocenters. The smallest absolute Gasteiger partial charge is 0.228 e. The predicted octanol–water partition coefficient (Wildman–Crippen LogP) is -0.635. The number of nitrogens with one attached hydrogen (secondary N) is 2. The molecule has 0 radical (unpaired) electrons. The fraction of sp³-hybridized carbons (Fsp3) is 0.800. The molecule has 92 valence electrons. The van der Waals surface area contributed by atoms with Gasteiger partial charge in [-0.25, -0.2) is 0 Å². The first-order valence-electron chi connectivity index (χ1n) is 5.46. The second-order valence-electron chi connectivity index (χ2n) is 4.29. The molecule has 0 aromatic heterocycles. The molecule has 16 heavy (non-hydrogen) atoms. The van der Waals surface area contributed by atoms with Crippen molar-refractivity contribution in [2.45, 2.75) is 19.4 Å². The SMILES string of the molecule is C[C@H]1CNCCN1C(=O)C1CNC(=O)C1.Cl. The van der Waals surface area contributed by atoms with Gasteiger partial charge in [0.1, 0.15) is 0 Å². The summed E-state index contributed by atoms with van der Waals surface area (Å²) in [6.45, 7) is 5.00. The molecule has 0 aliphatic carbocycles. The van der Waals surface area contributed by atoms with E-state index in [9.17, 15) is 9.59 Å². The minimum Gasteiger partial charge on any atom is -0.355 e. The first-order chi connectivity index (χ1) is 7.18. The second-order valence-corrected chi connectivity index (χ2v) is 4.29. The molecule has 2 rings (SSSR count). The highest BCUT2D eigenvalue weighted by atomic mass is 35.5. The zero-order valence-electron chi connectivity index (χ0n) is 9.36. The van der Waals surface area contributed by atoms with Crippen molar-refractivity contribution >= 4 is 24.2 Å². The monoisotopic (exact) mass is 247 g/mol. The number of halogens is 1. The number of amides is 2. The predicted molar refractivity (Wildman–Crippen MR) is 62.4 cm³/mol. The van der Waals surface area contributed by atoms with Crippen LogP contribution in [0.15, 0.2) is 0 Å². The molecule has 2 amide bonds. The van der Waals surface area contributed by atoms with E-state index in [1.54, 1.807) is 0 Å². The zero-order chi connectivity index (χ0) is 10.8. The topological polar surface area (TPSA) is 61.4 Å². The average Bonchev–Trinajstić information content (AvgIpc) is 2.65. The Morgan fingerprint density at radius 1 is 1.44 bits per heavy atom. The van der Waals surface area contributed by atoms with Crippen molar-refractivity contribution in [2.24, 2.45) is 5.92 Å². The molecule has 0 aromatic rings. The highest BCUT2D eigenvalue weighted by molar-refractivity contribution is 5.89. The van der Waals surface area contributed by atoms with Crippen molar-refractivity contribution in [3.05, 3.63) is 0 Å². The Hall–Kier alpha value is -0.810. The average molecular weight is 248 g/mol. The lowest BCUT2D eigenvalue weighted by Gasteiger charge is -2.35. The van der Waals surface area contributed by atoms with Gasteiger partial charge in [-0.2, -0.15) is 0 Å². The fourth-order valence-electron chi connectivity index (χ4n) is 2.18. The van der Waals surface area contributed by atoms with Crippen molar-refractivity contribution in [1.29, 1.82) is 0 Å². The Kier molecular flexibility index (Phi) is 4.56. The van der Waals surface area contributed by atoms with Crippen LogP contribution < -0.4 is 10.6 Å². The second kappa shape index (κ2) is 5.50. The van der Waals surface area contributed by atoms with Crippen LogP contribution in [0, 0.1) is 5.92 Å². The van der Waals surface area contributed by atoms with Gasteiger partial charge in [0.15, 0.2) is 0 Å². The van der Waals surface area contributed by atoms with Gasteiger partial charge in [0, 0.05) is 38.6 Å². The Morgan fingerprint density at radius 3 is 2.75 bits per heavy atom. The van der Waals surface area contributed by atoms with E-state index < -0.39 is 0 Å². The number of nitrogens with zero attached hydrogens (tertiary/aromatic N) is 1. The third-order valence-electron chi connectivity index (χ3n) is 3.11. The van der Waals surface area contributed by atoms with Crippen LogP contribution in [0.1, 0.15) is 13.3 Å². The molecule has 5 nitrogen and oxygen atoms in total. The number of rotatable bonds is 1.